The predicted octanol–water partition coefficient (Wildman–Crippen LogP) is 3.90. The minimum absolute atomic E-state index is 0.129. The van der Waals surface area contributed by atoms with Gasteiger partial charge in [0.25, 0.3) is 0 Å². The number of hydrogen-bond acceptors (Lipinski definition) is 2. The van der Waals surface area contributed by atoms with E-state index in [1.165, 1.54) is 18.2 Å². The molecular formula is C15H11F3N2. The summed E-state index contributed by atoms with van der Waals surface area (Å²) < 4.78 is 39.7. The maximum atomic E-state index is 13.6. The molecule has 0 saturated heterocycles. The summed E-state index contributed by atoms with van der Waals surface area (Å²) in [5.41, 5.74) is 1.35. The fourth-order valence-electron chi connectivity index (χ4n) is 1.84. The van der Waals surface area contributed by atoms with Crippen LogP contribution >= 0.6 is 0 Å². The summed E-state index contributed by atoms with van der Waals surface area (Å²) >= 11 is 0. The first-order chi connectivity index (χ1) is 9.49. The molecule has 0 amide bonds. The molecule has 1 N–H and O–H groups in total. The van der Waals surface area contributed by atoms with Crippen molar-refractivity contribution in [2.45, 2.75) is 13.5 Å². The summed E-state index contributed by atoms with van der Waals surface area (Å²) in [7, 11) is 0. The van der Waals surface area contributed by atoms with Crippen molar-refractivity contribution in [2.75, 3.05) is 5.32 Å². The normalized spacial score (nSPS) is 10.2. The highest BCUT2D eigenvalue weighted by molar-refractivity contribution is 5.56. The van der Waals surface area contributed by atoms with E-state index in [2.05, 4.69) is 5.32 Å². The van der Waals surface area contributed by atoms with Crippen molar-refractivity contribution < 1.29 is 13.2 Å². The van der Waals surface area contributed by atoms with E-state index in [1.807, 2.05) is 6.07 Å². The second-order valence-corrected chi connectivity index (χ2v) is 4.37. The summed E-state index contributed by atoms with van der Waals surface area (Å²) in [5, 5.41) is 11.7. The molecule has 5 heteroatoms. The Hall–Kier alpha value is -2.48. The van der Waals surface area contributed by atoms with Crippen molar-refractivity contribution in [3.63, 3.8) is 0 Å². The average molecular weight is 276 g/mol. The van der Waals surface area contributed by atoms with Gasteiger partial charge in [-0.25, -0.2) is 13.2 Å². The van der Waals surface area contributed by atoms with Crippen LogP contribution in [0.3, 0.4) is 0 Å². The maximum Gasteiger partial charge on any atom is 0.129 e. The lowest BCUT2D eigenvalue weighted by Gasteiger charge is -2.11. The minimum Gasteiger partial charge on any atom is -0.381 e. The van der Waals surface area contributed by atoms with Crippen LogP contribution in [0.2, 0.25) is 0 Å². The molecule has 0 bridgehead atoms. The first kappa shape index (κ1) is 13.9. The van der Waals surface area contributed by atoms with E-state index < -0.39 is 17.5 Å². The Kier molecular flexibility index (Phi) is 3.94. The van der Waals surface area contributed by atoms with Crippen LogP contribution < -0.4 is 5.32 Å². The third-order valence-corrected chi connectivity index (χ3v) is 2.88. The van der Waals surface area contributed by atoms with Gasteiger partial charge in [-0.2, -0.15) is 5.26 Å². The smallest absolute Gasteiger partial charge is 0.129 e. The molecule has 0 unspecified atom stereocenters. The van der Waals surface area contributed by atoms with E-state index in [0.717, 1.165) is 12.1 Å². The van der Waals surface area contributed by atoms with E-state index in [0.29, 0.717) is 16.8 Å². The second-order valence-electron chi connectivity index (χ2n) is 4.37. The van der Waals surface area contributed by atoms with Gasteiger partial charge in [-0.1, -0.05) is 0 Å². The summed E-state index contributed by atoms with van der Waals surface area (Å²) in [6.45, 7) is 1.69. The third-order valence-electron chi connectivity index (χ3n) is 2.88. The molecule has 0 atom stereocenters. The molecule has 0 spiro atoms. The van der Waals surface area contributed by atoms with Gasteiger partial charge >= 0.3 is 0 Å². The number of nitriles is 1. The molecule has 0 heterocycles. The quantitative estimate of drug-likeness (QED) is 0.923. The predicted molar refractivity (Wildman–Crippen MR) is 69.5 cm³/mol. The zero-order valence-electron chi connectivity index (χ0n) is 10.7. The molecule has 20 heavy (non-hydrogen) atoms. The lowest BCUT2D eigenvalue weighted by Crippen LogP contribution is -2.03. The van der Waals surface area contributed by atoms with Crippen LogP contribution in [-0.4, -0.2) is 0 Å². The average Bonchev–Trinajstić information content (AvgIpc) is 2.39. The molecular weight excluding hydrogens is 265 g/mol. The van der Waals surface area contributed by atoms with Crippen molar-refractivity contribution in [1.29, 1.82) is 5.26 Å². The Bertz CT molecular complexity index is 670. The highest BCUT2D eigenvalue weighted by Gasteiger charge is 2.07. The van der Waals surface area contributed by atoms with Gasteiger partial charge in [0, 0.05) is 23.9 Å². The molecule has 102 valence electrons. The lowest BCUT2D eigenvalue weighted by molar-refractivity contribution is 0.580. The molecule has 0 saturated carbocycles. The Balaban J connectivity index is 2.23. The monoisotopic (exact) mass is 276 g/mol. The van der Waals surface area contributed by atoms with Crippen LogP contribution in [0.25, 0.3) is 0 Å². The third kappa shape index (κ3) is 3.09. The van der Waals surface area contributed by atoms with Crippen LogP contribution in [0.4, 0.5) is 18.9 Å². The van der Waals surface area contributed by atoms with Crippen LogP contribution in [0.5, 0.6) is 0 Å². The first-order valence-corrected chi connectivity index (χ1v) is 5.88. The molecule has 0 radical (unpaired) electrons. The number of nitrogens with zero attached hydrogens (tertiary/aromatic N) is 1. The van der Waals surface area contributed by atoms with Gasteiger partial charge in [0.05, 0.1) is 11.6 Å². The van der Waals surface area contributed by atoms with E-state index in [1.54, 1.807) is 6.92 Å². The van der Waals surface area contributed by atoms with Crippen molar-refractivity contribution in [3.05, 3.63) is 64.5 Å². The molecule has 2 rings (SSSR count). The van der Waals surface area contributed by atoms with E-state index in [9.17, 15) is 13.2 Å². The van der Waals surface area contributed by atoms with Gasteiger partial charge in [0.1, 0.15) is 17.5 Å². The Morgan fingerprint density at radius 1 is 1.05 bits per heavy atom. The van der Waals surface area contributed by atoms with E-state index in [4.69, 9.17) is 5.26 Å². The van der Waals surface area contributed by atoms with Crippen LogP contribution in [0.15, 0.2) is 30.3 Å². The minimum atomic E-state index is -0.671. The van der Waals surface area contributed by atoms with Crippen molar-refractivity contribution in [2.24, 2.45) is 0 Å². The molecule has 0 aliphatic carbocycles. The van der Waals surface area contributed by atoms with Gasteiger partial charge in [-0.05, 0) is 36.8 Å². The molecule has 2 aromatic rings. The van der Waals surface area contributed by atoms with Gasteiger partial charge in [0.2, 0.25) is 0 Å². The number of benzene rings is 2. The standard InChI is InChI=1S/C15H11F3N2/c1-9-14(18)4-10(7-19)5-15(9)20-8-11-2-12(16)6-13(17)3-11/h2-6,20H,8H2,1H3. The summed E-state index contributed by atoms with van der Waals surface area (Å²) in [6.07, 6.45) is 0. The molecule has 0 aromatic heterocycles. The molecule has 2 aromatic carbocycles. The van der Waals surface area contributed by atoms with Crippen molar-refractivity contribution in [1.82, 2.24) is 0 Å². The van der Waals surface area contributed by atoms with E-state index in [-0.39, 0.29) is 12.1 Å². The zero-order valence-corrected chi connectivity index (χ0v) is 10.7. The Morgan fingerprint density at radius 3 is 2.30 bits per heavy atom. The van der Waals surface area contributed by atoms with Crippen LogP contribution in [0, 0.1) is 35.7 Å². The fourth-order valence-corrected chi connectivity index (χ4v) is 1.84. The SMILES string of the molecule is Cc1c(F)cc(C#N)cc1NCc1cc(F)cc(F)c1. The lowest BCUT2D eigenvalue weighted by atomic mass is 10.1. The highest BCUT2D eigenvalue weighted by Crippen LogP contribution is 2.21. The van der Waals surface area contributed by atoms with Crippen LogP contribution in [-0.2, 0) is 6.54 Å². The zero-order chi connectivity index (χ0) is 14.7. The molecule has 0 fully saturated rings. The summed E-state index contributed by atoms with van der Waals surface area (Å²) in [6, 6.07) is 7.65. The molecule has 2 nitrogen and oxygen atoms in total. The second kappa shape index (κ2) is 5.66. The van der Waals surface area contributed by atoms with Gasteiger partial charge in [0.15, 0.2) is 0 Å². The Morgan fingerprint density at radius 2 is 1.70 bits per heavy atom. The summed E-state index contributed by atoms with van der Waals surface area (Å²) in [5.74, 6) is -1.84. The maximum absolute atomic E-state index is 13.6. The highest BCUT2D eigenvalue weighted by atomic mass is 19.1. The topological polar surface area (TPSA) is 35.8 Å². The van der Waals surface area contributed by atoms with E-state index >= 15 is 0 Å². The number of hydrogen-bond donors (Lipinski definition) is 1. The molecule has 0 aliphatic heterocycles. The number of rotatable bonds is 3. The van der Waals surface area contributed by atoms with Crippen molar-refractivity contribution in [3.8, 4) is 6.07 Å². The number of halogens is 3. The number of anilines is 1. The fraction of sp³-hybridized carbons (Fsp3) is 0.133. The first-order valence-electron chi connectivity index (χ1n) is 5.88. The van der Waals surface area contributed by atoms with Crippen LogP contribution in [0.1, 0.15) is 16.7 Å². The van der Waals surface area contributed by atoms with Gasteiger partial charge in [-0.3, -0.25) is 0 Å². The number of nitrogens with one attached hydrogen (secondary N) is 1. The largest absolute Gasteiger partial charge is 0.381 e. The summed E-state index contributed by atoms with van der Waals surface area (Å²) in [4.78, 5) is 0. The Labute approximate surface area is 114 Å². The van der Waals surface area contributed by atoms with Gasteiger partial charge in [-0.15, -0.1) is 0 Å². The van der Waals surface area contributed by atoms with Crippen molar-refractivity contribution >= 4 is 5.69 Å². The van der Waals surface area contributed by atoms with Gasteiger partial charge < -0.3 is 5.32 Å². The molecule has 0 aliphatic rings.